The van der Waals surface area contributed by atoms with Crippen LogP contribution in [0.25, 0.3) is 0 Å². The number of hydrogen-bond acceptors (Lipinski definition) is 4. The molecular formula is C23H24ClNO3. The van der Waals surface area contributed by atoms with Crippen LogP contribution in [0.5, 0.6) is 11.5 Å². The molecule has 0 N–H and O–H groups in total. The van der Waals surface area contributed by atoms with Crippen LogP contribution in [0.3, 0.4) is 0 Å². The highest BCUT2D eigenvalue weighted by atomic mass is 35.5. The molecule has 2 aromatic carbocycles. The van der Waals surface area contributed by atoms with Crippen LogP contribution in [0.4, 0.5) is 0 Å². The standard InChI is InChI=1S/C23H24ClNO3/c1-15(2)23(26)16-3-6-18(7-4-16)27-19-9-11-20(12-10-19)28-21-8-5-17(14-25)22(24)13-21/h3-8,13,15,19-20H,9-12H2,1-2H3. The monoisotopic (exact) mass is 397 g/mol. The smallest absolute Gasteiger partial charge is 0.165 e. The van der Waals surface area contributed by atoms with Crippen molar-refractivity contribution in [2.24, 2.45) is 5.92 Å². The van der Waals surface area contributed by atoms with Crippen LogP contribution < -0.4 is 9.47 Å². The van der Waals surface area contributed by atoms with Gasteiger partial charge in [-0.3, -0.25) is 4.79 Å². The number of Topliss-reactive ketones (excluding diaryl/α,β-unsaturated/α-hetero) is 1. The summed E-state index contributed by atoms with van der Waals surface area (Å²) in [6.07, 6.45) is 3.87. The Bertz CT molecular complexity index is 862. The van der Waals surface area contributed by atoms with E-state index in [1.54, 1.807) is 18.2 Å². The molecule has 0 bridgehead atoms. The zero-order valence-corrected chi connectivity index (χ0v) is 16.9. The van der Waals surface area contributed by atoms with E-state index in [4.69, 9.17) is 26.3 Å². The second-order valence-electron chi connectivity index (χ2n) is 7.43. The van der Waals surface area contributed by atoms with E-state index in [1.165, 1.54) is 0 Å². The van der Waals surface area contributed by atoms with Gasteiger partial charge in [-0.25, -0.2) is 0 Å². The van der Waals surface area contributed by atoms with E-state index < -0.39 is 0 Å². The van der Waals surface area contributed by atoms with Gasteiger partial charge in [-0.15, -0.1) is 0 Å². The van der Waals surface area contributed by atoms with Crippen molar-refractivity contribution in [1.29, 1.82) is 5.26 Å². The summed E-state index contributed by atoms with van der Waals surface area (Å²) >= 11 is 6.06. The Hall–Kier alpha value is -2.51. The molecule has 1 aliphatic carbocycles. The lowest BCUT2D eigenvalue weighted by Crippen LogP contribution is -2.30. The second-order valence-corrected chi connectivity index (χ2v) is 7.84. The number of hydrogen-bond donors (Lipinski definition) is 0. The van der Waals surface area contributed by atoms with Crippen molar-refractivity contribution >= 4 is 17.4 Å². The minimum atomic E-state index is -0.00645. The van der Waals surface area contributed by atoms with Crippen molar-refractivity contribution in [3.63, 3.8) is 0 Å². The number of benzene rings is 2. The van der Waals surface area contributed by atoms with Crippen LogP contribution in [0.2, 0.25) is 5.02 Å². The molecule has 28 heavy (non-hydrogen) atoms. The molecule has 0 unspecified atom stereocenters. The van der Waals surface area contributed by atoms with E-state index in [-0.39, 0.29) is 23.9 Å². The molecule has 2 aromatic rings. The number of carbonyl (C=O) groups is 1. The van der Waals surface area contributed by atoms with Crippen LogP contribution >= 0.6 is 11.6 Å². The quantitative estimate of drug-likeness (QED) is 0.576. The number of halogens is 1. The van der Waals surface area contributed by atoms with Crippen molar-refractivity contribution < 1.29 is 14.3 Å². The zero-order chi connectivity index (χ0) is 20.1. The van der Waals surface area contributed by atoms with Gasteiger partial charge in [0.15, 0.2) is 5.78 Å². The highest BCUT2D eigenvalue weighted by Crippen LogP contribution is 2.29. The van der Waals surface area contributed by atoms with Crippen LogP contribution in [-0.2, 0) is 0 Å². The van der Waals surface area contributed by atoms with Crippen molar-refractivity contribution in [2.45, 2.75) is 51.7 Å². The molecule has 0 heterocycles. The lowest BCUT2D eigenvalue weighted by Gasteiger charge is -2.29. The van der Waals surface area contributed by atoms with Gasteiger partial charge in [0.2, 0.25) is 0 Å². The summed E-state index contributed by atoms with van der Waals surface area (Å²) in [6.45, 7) is 3.80. The summed E-state index contributed by atoms with van der Waals surface area (Å²) in [5, 5.41) is 9.35. The number of carbonyl (C=O) groups excluding carboxylic acids is 1. The first-order valence-corrected chi connectivity index (χ1v) is 10.0. The maximum Gasteiger partial charge on any atom is 0.165 e. The average molecular weight is 398 g/mol. The van der Waals surface area contributed by atoms with Crippen molar-refractivity contribution in [3.05, 3.63) is 58.6 Å². The number of rotatable bonds is 6. The van der Waals surface area contributed by atoms with Gasteiger partial charge in [-0.1, -0.05) is 25.4 Å². The number of nitrogens with zero attached hydrogens (tertiary/aromatic N) is 1. The van der Waals surface area contributed by atoms with E-state index in [9.17, 15) is 4.79 Å². The Labute approximate surface area is 171 Å². The molecule has 0 aliphatic heterocycles. The Kier molecular flexibility index (Phi) is 6.59. The van der Waals surface area contributed by atoms with Gasteiger partial charge in [-0.05, 0) is 62.1 Å². The molecule has 146 valence electrons. The first kappa shape index (κ1) is 20.2. The summed E-state index contributed by atoms with van der Waals surface area (Å²) in [5.74, 6) is 1.63. The molecule has 1 aliphatic rings. The molecule has 0 amide bonds. The Morgan fingerprint density at radius 1 is 1.00 bits per heavy atom. The number of ketones is 1. The van der Waals surface area contributed by atoms with Gasteiger partial charge in [-0.2, -0.15) is 5.26 Å². The van der Waals surface area contributed by atoms with Crippen LogP contribution in [0.15, 0.2) is 42.5 Å². The van der Waals surface area contributed by atoms with E-state index in [1.807, 2.05) is 44.2 Å². The summed E-state index contributed by atoms with van der Waals surface area (Å²) in [7, 11) is 0. The molecule has 0 saturated heterocycles. The van der Waals surface area contributed by atoms with Gasteiger partial charge in [0.25, 0.3) is 0 Å². The highest BCUT2D eigenvalue weighted by Gasteiger charge is 2.24. The predicted molar refractivity (Wildman–Crippen MR) is 109 cm³/mol. The van der Waals surface area contributed by atoms with Gasteiger partial charge < -0.3 is 9.47 Å². The summed E-state index contributed by atoms with van der Waals surface area (Å²) in [6, 6.07) is 14.6. The lowest BCUT2D eigenvalue weighted by atomic mass is 9.94. The van der Waals surface area contributed by atoms with Gasteiger partial charge in [0, 0.05) is 17.5 Å². The highest BCUT2D eigenvalue weighted by molar-refractivity contribution is 6.31. The Balaban J connectivity index is 1.49. The number of ether oxygens (including phenoxy) is 2. The first-order valence-electron chi connectivity index (χ1n) is 9.63. The molecule has 0 atom stereocenters. The van der Waals surface area contributed by atoms with Crippen molar-refractivity contribution in [3.8, 4) is 17.6 Å². The van der Waals surface area contributed by atoms with E-state index in [0.29, 0.717) is 16.3 Å². The molecule has 4 nitrogen and oxygen atoms in total. The van der Waals surface area contributed by atoms with Crippen LogP contribution in [0, 0.1) is 17.2 Å². The van der Waals surface area contributed by atoms with Gasteiger partial charge in [0.05, 0.1) is 22.8 Å². The maximum atomic E-state index is 12.0. The summed E-state index contributed by atoms with van der Waals surface area (Å²) in [5.41, 5.74) is 1.17. The summed E-state index contributed by atoms with van der Waals surface area (Å²) < 4.78 is 12.1. The first-order chi connectivity index (χ1) is 13.5. The molecule has 1 fully saturated rings. The Morgan fingerprint density at radius 2 is 1.54 bits per heavy atom. The largest absolute Gasteiger partial charge is 0.490 e. The van der Waals surface area contributed by atoms with Crippen molar-refractivity contribution in [1.82, 2.24) is 0 Å². The van der Waals surface area contributed by atoms with Gasteiger partial charge >= 0.3 is 0 Å². The van der Waals surface area contributed by atoms with Crippen LogP contribution in [0.1, 0.15) is 55.5 Å². The van der Waals surface area contributed by atoms with E-state index in [2.05, 4.69) is 0 Å². The molecule has 5 heteroatoms. The minimum absolute atomic E-state index is 0.00645. The fourth-order valence-corrected chi connectivity index (χ4v) is 3.56. The second kappa shape index (κ2) is 9.12. The van der Waals surface area contributed by atoms with E-state index >= 15 is 0 Å². The Morgan fingerprint density at radius 3 is 2.04 bits per heavy atom. The third-order valence-corrected chi connectivity index (χ3v) is 5.26. The third-order valence-electron chi connectivity index (χ3n) is 4.95. The third kappa shape index (κ3) is 5.05. The molecule has 1 saturated carbocycles. The molecular weight excluding hydrogens is 374 g/mol. The van der Waals surface area contributed by atoms with E-state index in [0.717, 1.165) is 37.0 Å². The average Bonchev–Trinajstić information content (AvgIpc) is 2.69. The summed E-state index contributed by atoms with van der Waals surface area (Å²) in [4.78, 5) is 12.0. The fraction of sp³-hybridized carbons (Fsp3) is 0.391. The normalized spacial score (nSPS) is 19.1. The maximum absolute atomic E-state index is 12.0. The fourth-order valence-electron chi connectivity index (χ4n) is 3.34. The van der Waals surface area contributed by atoms with Crippen LogP contribution in [-0.4, -0.2) is 18.0 Å². The van der Waals surface area contributed by atoms with Gasteiger partial charge in [0.1, 0.15) is 17.6 Å². The lowest BCUT2D eigenvalue weighted by molar-refractivity contribution is 0.0806. The van der Waals surface area contributed by atoms with Crippen molar-refractivity contribution in [2.75, 3.05) is 0 Å². The molecule has 3 rings (SSSR count). The molecule has 0 spiro atoms. The predicted octanol–water partition coefficient (Wildman–Crippen LogP) is 5.82. The molecule has 0 radical (unpaired) electrons. The SMILES string of the molecule is CC(C)C(=O)c1ccc(OC2CCC(Oc3ccc(C#N)c(Cl)c3)CC2)cc1. The number of nitriles is 1. The topological polar surface area (TPSA) is 59.3 Å². The molecule has 0 aromatic heterocycles. The minimum Gasteiger partial charge on any atom is -0.490 e. The zero-order valence-electron chi connectivity index (χ0n) is 16.2.